The largest absolute Gasteiger partial charge is 0.397 e. The highest BCUT2D eigenvalue weighted by Gasteiger charge is 2.20. The van der Waals surface area contributed by atoms with Crippen LogP contribution in [0.15, 0.2) is 91.3 Å². The number of benzene rings is 3. The Morgan fingerprint density at radius 3 is 2.33 bits per heavy atom. The fraction of sp³-hybridized carbons (Fsp3) is 0.273. The molecule has 7 nitrogen and oxygen atoms in total. The van der Waals surface area contributed by atoms with E-state index in [-0.39, 0.29) is 5.91 Å². The van der Waals surface area contributed by atoms with E-state index in [9.17, 15) is 4.79 Å². The van der Waals surface area contributed by atoms with Crippen LogP contribution in [-0.2, 0) is 6.54 Å². The van der Waals surface area contributed by atoms with Crippen molar-refractivity contribution in [2.24, 2.45) is 5.73 Å². The molecule has 3 aromatic carbocycles. The first-order valence-corrected chi connectivity index (χ1v) is 14.0. The molecule has 4 aromatic rings. The molecule has 0 aliphatic carbocycles. The first-order chi connectivity index (χ1) is 19.5. The van der Waals surface area contributed by atoms with Gasteiger partial charge in [-0.25, -0.2) is 0 Å². The second-order valence-electron chi connectivity index (χ2n) is 10.3. The average molecular weight is 535 g/mol. The van der Waals surface area contributed by atoms with E-state index in [4.69, 9.17) is 11.5 Å². The van der Waals surface area contributed by atoms with Crippen molar-refractivity contribution in [3.05, 3.63) is 108 Å². The van der Waals surface area contributed by atoms with Crippen LogP contribution in [0.2, 0.25) is 0 Å². The number of aromatic nitrogens is 1. The van der Waals surface area contributed by atoms with Gasteiger partial charge in [-0.3, -0.25) is 9.78 Å². The van der Waals surface area contributed by atoms with Gasteiger partial charge >= 0.3 is 0 Å². The van der Waals surface area contributed by atoms with E-state index in [1.807, 2.05) is 11.0 Å². The van der Waals surface area contributed by atoms with Crippen molar-refractivity contribution >= 4 is 23.0 Å². The molecule has 1 amide bonds. The molecule has 4 N–H and O–H groups in total. The number of carbonyl (C=O) groups is 1. The van der Waals surface area contributed by atoms with Crippen molar-refractivity contribution in [2.45, 2.75) is 19.9 Å². The quantitative estimate of drug-likeness (QED) is 0.295. The van der Waals surface area contributed by atoms with Gasteiger partial charge < -0.3 is 26.2 Å². The van der Waals surface area contributed by atoms with E-state index in [1.165, 1.54) is 11.3 Å². The summed E-state index contributed by atoms with van der Waals surface area (Å²) in [5, 5.41) is 0. The van der Waals surface area contributed by atoms with Crippen LogP contribution in [0, 0.1) is 6.92 Å². The van der Waals surface area contributed by atoms with Crippen molar-refractivity contribution in [1.82, 2.24) is 9.88 Å². The minimum Gasteiger partial charge on any atom is -0.397 e. The number of hydrogen-bond donors (Lipinski definition) is 2. The normalized spacial score (nSPS) is 13.3. The van der Waals surface area contributed by atoms with Gasteiger partial charge in [-0.15, -0.1) is 0 Å². The van der Waals surface area contributed by atoms with Gasteiger partial charge in [0.05, 0.1) is 16.9 Å². The number of anilines is 3. The van der Waals surface area contributed by atoms with Gasteiger partial charge in [0.1, 0.15) is 0 Å². The van der Waals surface area contributed by atoms with Gasteiger partial charge in [0.25, 0.3) is 5.91 Å². The molecule has 1 aliphatic heterocycles. The molecule has 0 spiro atoms. The lowest BCUT2D eigenvalue weighted by Crippen LogP contribution is -2.47. The van der Waals surface area contributed by atoms with Crippen LogP contribution >= 0.6 is 0 Å². The molecule has 0 radical (unpaired) electrons. The van der Waals surface area contributed by atoms with E-state index >= 15 is 0 Å². The Balaban J connectivity index is 1.28. The molecule has 1 saturated heterocycles. The number of nitrogens with zero attached hydrogens (tertiary/aromatic N) is 4. The first kappa shape index (κ1) is 27.2. The topological polar surface area (TPSA) is 91.7 Å². The highest BCUT2D eigenvalue weighted by Crippen LogP contribution is 2.31. The molecule has 0 saturated carbocycles. The Morgan fingerprint density at radius 1 is 0.875 bits per heavy atom. The maximum absolute atomic E-state index is 13.2. The highest BCUT2D eigenvalue weighted by atomic mass is 16.2. The Labute approximate surface area is 237 Å². The number of amides is 1. The van der Waals surface area contributed by atoms with Crippen LogP contribution in [0.1, 0.15) is 27.9 Å². The zero-order valence-electron chi connectivity index (χ0n) is 23.2. The molecule has 1 fully saturated rings. The van der Waals surface area contributed by atoms with E-state index in [1.54, 1.807) is 24.5 Å². The summed E-state index contributed by atoms with van der Waals surface area (Å²) in [4.78, 5) is 24.0. The van der Waals surface area contributed by atoms with Crippen LogP contribution in [0.3, 0.4) is 0 Å². The van der Waals surface area contributed by atoms with Crippen LogP contribution in [0.5, 0.6) is 0 Å². The molecule has 40 heavy (non-hydrogen) atoms. The van der Waals surface area contributed by atoms with Gasteiger partial charge in [0, 0.05) is 57.3 Å². The maximum atomic E-state index is 13.2. The summed E-state index contributed by atoms with van der Waals surface area (Å²) in [5.41, 5.74) is 20.6. The number of pyridine rings is 1. The van der Waals surface area contributed by atoms with E-state index < -0.39 is 0 Å². The lowest BCUT2D eigenvalue weighted by Gasteiger charge is -2.38. The molecule has 1 aliphatic rings. The number of rotatable bonds is 9. The predicted octanol–water partition coefficient (Wildman–Crippen LogP) is 4.96. The van der Waals surface area contributed by atoms with E-state index in [2.05, 4.69) is 82.4 Å². The predicted molar refractivity (Wildman–Crippen MR) is 165 cm³/mol. The molecule has 5 rings (SSSR count). The Kier molecular flexibility index (Phi) is 8.62. The molecule has 2 heterocycles. The van der Waals surface area contributed by atoms with Crippen molar-refractivity contribution < 1.29 is 4.79 Å². The molecule has 0 unspecified atom stereocenters. The monoisotopic (exact) mass is 534 g/mol. The molecular formula is C33H38N6O. The van der Waals surface area contributed by atoms with Crippen molar-refractivity contribution in [2.75, 3.05) is 54.8 Å². The van der Waals surface area contributed by atoms with Crippen LogP contribution < -0.4 is 21.3 Å². The van der Waals surface area contributed by atoms with Gasteiger partial charge in [-0.2, -0.15) is 0 Å². The number of piperazine rings is 1. The lowest BCUT2D eigenvalue weighted by molar-refractivity contribution is 0.0742. The zero-order valence-corrected chi connectivity index (χ0v) is 23.2. The third kappa shape index (κ3) is 6.26. The minimum absolute atomic E-state index is 0.0388. The summed E-state index contributed by atoms with van der Waals surface area (Å²) in [5.74, 6) is -0.0388. The first-order valence-electron chi connectivity index (χ1n) is 14.0. The average Bonchev–Trinajstić information content (AvgIpc) is 3.00. The summed E-state index contributed by atoms with van der Waals surface area (Å²) in [6.45, 7) is 7.58. The fourth-order valence-corrected chi connectivity index (χ4v) is 5.40. The number of nitrogen functional groups attached to an aromatic ring is 1. The summed E-state index contributed by atoms with van der Waals surface area (Å²) in [6.07, 6.45) is 4.02. The summed E-state index contributed by atoms with van der Waals surface area (Å²) in [7, 11) is 0. The molecule has 0 bridgehead atoms. The highest BCUT2D eigenvalue weighted by molar-refractivity contribution is 5.93. The lowest BCUT2D eigenvalue weighted by atomic mass is 10.0. The van der Waals surface area contributed by atoms with Crippen molar-refractivity contribution in [1.29, 1.82) is 0 Å². The third-order valence-electron chi connectivity index (χ3n) is 7.57. The van der Waals surface area contributed by atoms with Gasteiger partial charge in [0.2, 0.25) is 0 Å². The van der Waals surface area contributed by atoms with Crippen molar-refractivity contribution in [3.63, 3.8) is 0 Å². The number of para-hydroxylation sites is 1. The van der Waals surface area contributed by atoms with Gasteiger partial charge in [-0.05, 0) is 78.5 Å². The molecule has 1 aromatic heterocycles. The molecule has 7 heteroatoms. The third-order valence-corrected chi connectivity index (χ3v) is 7.57. The second kappa shape index (κ2) is 12.7. The SMILES string of the molecule is Cc1ccccc1N1CCN(c2ccc(-c3cccc(CN(CCCN)C(=O)c4cccnc4)c3)cc2N)CC1. The summed E-state index contributed by atoms with van der Waals surface area (Å²) < 4.78 is 0. The number of nitrogens with two attached hydrogens (primary N) is 2. The second-order valence-corrected chi connectivity index (χ2v) is 10.3. The zero-order chi connectivity index (χ0) is 27.9. The number of hydrogen-bond acceptors (Lipinski definition) is 6. The smallest absolute Gasteiger partial charge is 0.255 e. The molecule has 0 atom stereocenters. The standard InChI is InChI=1S/C33H38N6O/c1-25-7-2-3-11-31(25)37-17-19-38(20-18-37)32-13-12-28(22-30(32)35)27-9-4-8-26(21-27)24-39(16-6-14-34)33(40)29-10-5-15-36-23-29/h2-5,7-13,15,21-23H,6,14,16-20,24,34-35H2,1H3. The minimum atomic E-state index is -0.0388. The van der Waals surface area contributed by atoms with Gasteiger partial charge in [0.15, 0.2) is 0 Å². The Bertz CT molecular complexity index is 1430. The van der Waals surface area contributed by atoms with Crippen LogP contribution in [0.4, 0.5) is 17.1 Å². The summed E-state index contributed by atoms with van der Waals surface area (Å²) in [6, 6.07) is 26.8. The molecule has 206 valence electrons. The van der Waals surface area contributed by atoms with Crippen LogP contribution in [-0.4, -0.2) is 55.1 Å². The van der Waals surface area contributed by atoms with Gasteiger partial charge in [-0.1, -0.05) is 42.5 Å². The number of carbonyl (C=O) groups excluding carboxylic acids is 1. The van der Waals surface area contributed by atoms with Crippen LogP contribution in [0.25, 0.3) is 11.1 Å². The maximum Gasteiger partial charge on any atom is 0.255 e. The number of aryl methyl sites for hydroxylation is 1. The van der Waals surface area contributed by atoms with Crippen molar-refractivity contribution in [3.8, 4) is 11.1 Å². The van der Waals surface area contributed by atoms with E-state index in [0.717, 1.165) is 60.7 Å². The Morgan fingerprint density at radius 2 is 1.62 bits per heavy atom. The summed E-state index contributed by atoms with van der Waals surface area (Å²) >= 11 is 0. The fourth-order valence-electron chi connectivity index (χ4n) is 5.40. The Hall–Kier alpha value is -4.36. The molecular weight excluding hydrogens is 496 g/mol. The van der Waals surface area contributed by atoms with E-state index in [0.29, 0.717) is 25.2 Å².